The van der Waals surface area contributed by atoms with Gasteiger partial charge in [0.25, 0.3) is 5.91 Å². The maximum Gasteiger partial charge on any atom is 0.258 e. The second kappa shape index (κ2) is 7.03. The third-order valence-electron chi connectivity index (χ3n) is 3.21. The summed E-state index contributed by atoms with van der Waals surface area (Å²) in [5.41, 5.74) is -0.406. The van der Waals surface area contributed by atoms with Crippen LogP contribution in [0.15, 0.2) is 18.2 Å². The van der Waals surface area contributed by atoms with Crippen molar-refractivity contribution in [1.82, 2.24) is 10.2 Å². The molecule has 0 spiro atoms. The first-order valence-electron chi connectivity index (χ1n) is 6.71. The number of halogens is 1. The van der Waals surface area contributed by atoms with Gasteiger partial charge in [-0.3, -0.25) is 9.59 Å². The molecule has 1 aliphatic rings. The SMILES string of the molecule is O=C(NCCC(=O)N1CCOCC1)c1c(O)cccc1F. The Balaban J connectivity index is 1.83. The van der Waals surface area contributed by atoms with Crippen LogP contribution in [0.25, 0.3) is 0 Å². The van der Waals surface area contributed by atoms with Crippen molar-refractivity contribution >= 4 is 11.8 Å². The lowest BCUT2D eigenvalue weighted by Gasteiger charge is -2.26. The Labute approximate surface area is 121 Å². The van der Waals surface area contributed by atoms with Crippen molar-refractivity contribution in [2.75, 3.05) is 32.8 Å². The highest BCUT2D eigenvalue weighted by Crippen LogP contribution is 2.19. The van der Waals surface area contributed by atoms with Crippen LogP contribution >= 0.6 is 0 Å². The number of carbonyl (C=O) groups excluding carboxylic acids is 2. The van der Waals surface area contributed by atoms with Gasteiger partial charge in [0.1, 0.15) is 17.1 Å². The fourth-order valence-electron chi connectivity index (χ4n) is 2.08. The third-order valence-corrected chi connectivity index (χ3v) is 3.21. The average molecular weight is 296 g/mol. The van der Waals surface area contributed by atoms with Gasteiger partial charge in [0.15, 0.2) is 0 Å². The van der Waals surface area contributed by atoms with E-state index < -0.39 is 23.0 Å². The van der Waals surface area contributed by atoms with E-state index in [2.05, 4.69) is 5.32 Å². The minimum atomic E-state index is -0.799. The molecule has 2 amide bonds. The molecule has 0 atom stereocenters. The van der Waals surface area contributed by atoms with E-state index in [9.17, 15) is 19.1 Å². The number of aromatic hydroxyl groups is 1. The van der Waals surface area contributed by atoms with Crippen LogP contribution < -0.4 is 5.32 Å². The van der Waals surface area contributed by atoms with Gasteiger partial charge in [-0.05, 0) is 12.1 Å². The second-order valence-electron chi connectivity index (χ2n) is 4.63. The van der Waals surface area contributed by atoms with E-state index in [1.165, 1.54) is 12.1 Å². The van der Waals surface area contributed by atoms with E-state index in [1.54, 1.807) is 4.90 Å². The first-order chi connectivity index (χ1) is 10.1. The predicted molar refractivity (Wildman–Crippen MR) is 72.4 cm³/mol. The van der Waals surface area contributed by atoms with E-state index in [0.29, 0.717) is 26.3 Å². The van der Waals surface area contributed by atoms with Crippen molar-refractivity contribution in [3.05, 3.63) is 29.6 Å². The Morgan fingerprint density at radius 3 is 2.71 bits per heavy atom. The normalized spacial score (nSPS) is 14.8. The van der Waals surface area contributed by atoms with E-state index in [-0.39, 0.29) is 18.9 Å². The molecule has 0 saturated carbocycles. The first kappa shape index (κ1) is 15.2. The fourth-order valence-corrected chi connectivity index (χ4v) is 2.08. The molecule has 2 rings (SSSR count). The number of phenolic OH excluding ortho intramolecular Hbond substituents is 1. The molecule has 0 aromatic heterocycles. The van der Waals surface area contributed by atoms with Gasteiger partial charge in [0.2, 0.25) is 5.91 Å². The van der Waals surface area contributed by atoms with Crippen LogP contribution in [-0.2, 0) is 9.53 Å². The van der Waals surface area contributed by atoms with Crippen molar-refractivity contribution < 1.29 is 23.8 Å². The number of hydrogen-bond acceptors (Lipinski definition) is 4. The summed E-state index contributed by atoms with van der Waals surface area (Å²) in [6.45, 7) is 2.20. The quantitative estimate of drug-likeness (QED) is 0.848. The number of benzene rings is 1. The highest BCUT2D eigenvalue weighted by Gasteiger charge is 2.18. The molecule has 21 heavy (non-hydrogen) atoms. The first-order valence-corrected chi connectivity index (χ1v) is 6.71. The van der Waals surface area contributed by atoms with Crippen molar-refractivity contribution in [2.45, 2.75) is 6.42 Å². The Bertz CT molecular complexity index is 509. The molecule has 1 aromatic carbocycles. The van der Waals surface area contributed by atoms with Crippen molar-refractivity contribution in [3.8, 4) is 5.75 Å². The zero-order valence-corrected chi connectivity index (χ0v) is 11.5. The van der Waals surface area contributed by atoms with Gasteiger partial charge in [-0.25, -0.2) is 4.39 Å². The molecule has 6 nitrogen and oxygen atoms in total. The van der Waals surface area contributed by atoms with Crippen LogP contribution in [0.4, 0.5) is 4.39 Å². The standard InChI is InChI=1S/C14H17FN2O4/c15-10-2-1-3-11(18)13(10)14(20)16-5-4-12(19)17-6-8-21-9-7-17/h1-3,18H,4-9H2,(H,16,20). The summed E-state index contributed by atoms with van der Waals surface area (Å²) in [5, 5.41) is 11.9. The van der Waals surface area contributed by atoms with Gasteiger partial charge in [0, 0.05) is 26.1 Å². The molecule has 0 bridgehead atoms. The number of ether oxygens (including phenoxy) is 1. The molecule has 0 aliphatic carbocycles. The minimum Gasteiger partial charge on any atom is -0.507 e. The zero-order valence-electron chi connectivity index (χ0n) is 11.5. The summed E-state index contributed by atoms with van der Waals surface area (Å²) in [7, 11) is 0. The minimum absolute atomic E-state index is 0.0861. The molecule has 1 fully saturated rings. The Morgan fingerprint density at radius 1 is 1.33 bits per heavy atom. The number of rotatable bonds is 4. The van der Waals surface area contributed by atoms with Crippen LogP contribution in [-0.4, -0.2) is 54.7 Å². The number of phenols is 1. The predicted octanol–water partition coefficient (Wildman–Crippen LogP) is 0.510. The summed E-state index contributed by atoms with van der Waals surface area (Å²) >= 11 is 0. The molecule has 0 unspecified atom stereocenters. The number of hydrogen-bond donors (Lipinski definition) is 2. The third kappa shape index (κ3) is 3.91. The molecule has 1 saturated heterocycles. The smallest absolute Gasteiger partial charge is 0.258 e. The zero-order chi connectivity index (χ0) is 15.2. The molecular formula is C14H17FN2O4. The van der Waals surface area contributed by atoms with Crippen molar-refractivity contribution in [2.24, 2.45) is 0 Å². The van der Waals surface area contributed by atoms with Crippen LogP contribution in [0.1, 0.15) is 16.8 Å². The molecule has 0 radical (unpaired) electrons. The lowest BCUT2D eigenvalue weighted by atomic mass is 10.1. The van der Waals surface area contributed by atoms with E-state index >= 15 is 0 Å². The summed E-state index contributed by atoms with van der Waals surface area (Å²) < 4.78 is 18.6. The molecule has 1 heterocycles. The number of carbonyl (C=O) groups is 2. The Kier molecular flexibility index (Phi) is 5.10. The van der Waals surface area contributed by atoms with Crippen molar-refractivity contribution in [1.29, 1.82) is 0 Å². The fraction of sp³-hybridized carbons (Fsp3) is 0.429. The van der Waals surface area contributed by atoms with E-state index in [1.807, 2.05) is 0 Å². The Morgan fingerprint density at radius 2 is 2.05 bits per heavy atom. The molecule has 1 aliphatic heterocycles. The van der Waals surface area contributed by atoms with Gasteiger partial charge in [0.05, 0.1) is 13.2 Å². The van der Waals surface area contributed by atoms with Crippen LogP contribution in [0.2, 0.25) is 0 Å². The summed E-state index contributed by atoms with van der Waals surface area (Å²) in [6, 6.07) is 3.63. The van der Waals surface area contributed by atoms with Gasteiger partial charge >= 0.3 is 0 Å². The summed E-state index contributed by atoms with van der Waals surface area (Å²) in [4.78, 5) is 25.3. The molecular weight excluding hydrogens is 279 g/mol. The van der Waals surface area contributed by atoms with Gasteiger partial charge < -0.3 is 20.1 Å². The van der Waals surface area contributed by atoms with E-state index in [4.69, 9.17) is 4.74 Å². The highest BCUT2D eigenvalue weighted by atomic mass is 19.1. The largest absolute Gasteiger partial charge is 0.507 e. The van der Waals surface area contributed by atoms with Crippen molar-refractivity contribution in [3.63, 3.8) is 0 Å². The molecule has 114 valence electrons. The van der Waals surface area contributed by atoms with E-state index in [0.717, 1.165) is 6.07 Å². The topological polar surface area (TPSA) is 78.9 Å². The summed E-state index contributed by atoms with van der Waals surface area (Å²) in [5.74, 6) is -2.05. The molecule has 1 aromatic rings. The maximum absolute atomic E-state index is 13.5. The number of nitrogens with one attached hydrogen (secondary N) is 1. The van der Waals surface area contributed by atoms with Gasteiger partial charge in [-0.2, -0.15) is 0 Å². The number of morpholine rings is 1. The summed E-state index contributed by atoms with van der Waals surface area (Å²) in [6.07, 6.45) is 0.126. The van der Waals surface area contributed by atoms with Gasteiger partial charge in [-0.15, -0.1) is 0 Å². The number of nitrogens with zero attached hydrogens (tertiary/aromatic N) is 1. The molecule has 2 N–H and O–H groups in total. The molecule has 7 heteroatoms. The average Bonchev–Trinajstić information content (AvgIpc) is 2.48. The lowest BCUT2D eigenvalue weighted by Crippen LogP contribution is -2.42. The maximum atomic E-state index is 13.5. The monoisotopic (exact) mass is 296 g/mol. The van der Waals surface area contributed by atoms with Crippen LogP contribution in [0, 0.1) is 5.82 Å². The second-order valence-corrected chi connectivity index (χ2v) is 4.63. The van der Waals surface area contributed by atoms with Gasteiger partial charge in [-0.1, -0.05) is 6.07 Å². The number of amides is 2. The van der Waals surface area contributed by atoms with Crippen LogP contribution in [0.3, 0.4) is 0 Å². The lowest BCUT2D eigenvalue weighted by molar-refractivity contribution is -0.135. The van der Waals surface area contributed by atoms with Crippen LogP contribution in [0.5, 0.6) is 5.75 Å². The Hall–Kier alpha value is -2.15. The highest BCUT2D eigenvalue weighted by molar-refractivity contribution is 5.97.